The molecule has 1 heterocycles. The number of piperidine rings is 1. The van der Waals surface area contributed by atoms with E-state index in [0.717, 1.165) is 4.90 Å². The number of unbranched alkanes of at least 4 members (excludes halogenated alkanes) is 1. The Labute approximate surface area is 273 Å². The first-order valence-electron chi connectivity index (χ1n) is 14.8. The number of carbonyl (C=O) groups is 3. The normalized spacial score (nSPS) is 15.2. The highest BCUT2D eigenvalue weighted by Gasteiger charge is 2.43. The molecular weight excluding hydrogens is 660 g/mol. The van der Waals surface area contributed by atoms with Gasteiger partial charge in [-0.3, -0.25) is 4.79 Å². The van der Waals surface area contributed by atoms with E-state index in [9.17, 15) is 36.0 Å². The van der Waals surface area contributed by atoms with Crippen LogP contribution in [-0.4, -0.2) is 93.2 Å². The smallest absolute Gasteiger partial charge is 0.336 e. The number of halogens is 5. The number of hydrogen-bond donors (Lipinski definition) is 4. The molecule has 2 rings (SSSR count). The summed E-state index contributed by atoms with van der Waals surface area (Å²) in [5.74, 6) is -1.72. The van der Waals surface area contributed by atoms with Crippen molar-refractivity contribution in [3.63, 3.8) is 0 Å². The predicted octanol–water partition coefficient (Wildman–Crippen LogP) is 4.74. The van der Waals surface area contributed by atoms with Crippen LogP contribution in [0.25, 0.3) is 0 Å². The number of carbonyl (C=O) groups excluding carboxylic acids is 3. The van der Waals surface area contributed by atoms with Crippen molar-refractivity contribution in [3.05, 3.63) is 28.2 Å². The summed E-state index contributed by atoms with van der Waals surface area (Å²) in [6, 6.07) is 2.24. The van der Waals surface area contributed by atoms with Gasteiger partial charge < -0.3 is 25.8 Å². The molecule has 1 aromatic carbocycles. The first kappa shape index (κ1) is 38.7. The molecule has 0 radical (unpaired) electrons. The number of urea groups is 2. The average Bonchev–Trinajstić information content (AvgIpc) is 2.90. The summed E-state index contributed by atoms with van der Waals surface area (Å²) in [4.78, 5) is 39.6. The van der Waals surface area contributed by atoms with Crippen molar-refractivity contribution in [3.8, 4) is 0 Å². The molecule has 0 bridgehead atoms. The van der Waals surface area contributed by atoms with E-state index in [-0.39, 0.29) is 73.5 Å². The first-order chi connectivity index (χ1) is 20.9. The second-order valence-corrected chi connectivity index (χ2v) is 14.3. The molecule has 5 amide bonds. The Morgan fingerprint density at radius 2 is 1.69 bits per heavy atom. The van der Waals surface area contributed by atoms with E-state index in [0.29, 0.717) is 24.3 Å². The Kier molecular flexibility index (Phi) is 15.0. The molecule has 1 aromatic rings. The standard InChI is InChI=1S/C28H43Cl2F3N6O5S/c1-18(2)15-22(37-26(41)36-21-9-13-38(14-10-21)25(40)28(31,32)33)17-39(27(42)35-19(3)4)12-6-5-11-34-45(43,44)24-8-7-20(29)16-23(24)30/h7-8,16,18-19,21-22,34H,5-6,9-15,17H2,1-4H3,(H,35,42)(H2,36,37,41)/t22-/m0/s1. The topological polar surface area (TPSA) is 140 Å². The largest absolute Gasteiger partial charge is 0.471 e. The van der Waals surface area contributed by atoms with Crippen LogP contribution in [0.15, 0.2) is 23.1 Å². The van der Waals surface area contributed by atoms with E-state index >= 15 is 0 Å². The number of sulfonamides is 1. The van der Waals surface area contributed by atoms with Gasteiger partial charge in [-0.15, -0.1) is 0 Å². The number of nitrogens with one attached hydrogen (secondary N) is 4. The zero-order valence-corrected chi connectivity index (χ0v) is 28.2. The lowest BCUT2D eigenvalue weighted by molar-refractivity contribution is -0.186. The molecule has 45 heavy (non-hydrogen) atoms. The second kappa shape index (κ2) is 17.4. The molecule has 0 unspecified atom stereocenters. The molecule has 1 saturated heterocycles. The molecule has 1 atom stereocenters. The van der Waals surface area contributed by atoms with Crippen LogP contribution in [0, 0.1) is 5.92 Å². The molecule has 1 fully saturated rings. The first-order valence-corrected chi connectivity index (χ1v) is 17.1. The summed E-state index contributed by atoms with van der Waals surface area (Å²) in [5.41, 5.74) is 0. The SMILES string of the molecule is CC(C)C[C@@H](CN(CCCCNS(=O)(=O)c1ccc(Cl)cc1Cl)C(=O)NC(C)C)NC(=O)NC1CCN(C(=O)C(F)(F)F)CC1. The van der Waals surface area contributed by atoms with Gasteiger partial charge in [-0.1, -0.05) is 37.0 Å². The Bertz CT molecular complexity index is 1260. The third-order valence-corrected chi connectivity index (χ3v) is 9.10. The van der Waals surface area contributed by atoms with Gasteiger partial charge in [0.2, 0.25) is 10.0 Å². The number of likely N-dealkylation sites (tertiary alicyclic amines) is 1. The van der Waals surface area contributed by atoms with E-state index in [2.05, 4.69) is 20.7 Å². The summed E-state index contributed by atoms with van der Waals surface area (Å²) in [5, 5.41) is 8.84. The van der Waals surface area contributed by atoms with Gasteiger partial charge in [-0.25, -0.2) is 22.7 Å². The van der Waals surface area contributed by atoms with Crippen LogP contribution in [0.1, 0.15) is 59.8 Å². The highest BCUT2D eigenvalue weighted by molar-refractivity contribution is 7.89. The number of nitrogens with zero attached hydrogens (tertiary/aromatic N) is 2. The quantitative estimate of drug-likeness (QED) is 0.208. The minimum atomic E-state index is -4.94. The van der Waals surface area contributed by atoms with Crippen LogP contribution in [0.3, 0.4) is 0 Å². The van der Waals surface area contributed by atoms with E-state index in [4.69, 9.17) is 23.2 Å². The maximum absolute atomic E-state index is 13.0. The molecule has 0 aromatic heterocycles. The fourth-order valence-electron chi connectivity index (χ4n) is 4.85. The predicted molar refractivity (Wildman–Crippen MR) is 167 cm³/mol. The van der Waals surface area contributed by atoms with Gasteiger partial charge in [-0.05, 0) is 70.1 Å². The molecule has 0 spiro atoms. The van der Waals surface area contributed by atoms with E-state index < -0.39 is 40.2 Å². The zero-order chi connectivity index (χ0) is 33.9. The summed E-state index contributed by atoms with van der Waals surface area (Å²) in [6.07, 6.45) is -3.16. The van der Waals surface area contributed by atoms with Crippen molar-refractivity contribution in [2.75, 3.05) is 32.7 Å². The minimum absolute atomic E-state index is 0.00118. The van der Waals surface area contributed by atoms with Gasteiger partial charge in [0.05, 0.1) is 5.02 Å². The maximum Gasteiger partial charge on any atom is 0.471 e. The van der Waals surface area contributed by atoms with E-state index in [1.165, 1.54) is 18.2 Å². The lowest BCUT2D eigenvalue weighted by Gasteiger charge is -2.34. The zero-order valence-electron chi connectivity index (χ0n) is 25.8. The molecule has 0 saturated carbocycles. The lowest BCUT2D eigenvalue weighted by Crippen LogP contribution is -2.55. The summed E-state index contributed by atoms with van der Waals surface area (Å²) < 4.78 is 66.0. The number of hydrogen-bond acceptors (Lipinski definition) is 5. The second-order valence-electron chi connectivity index (χ2n) is 11.7. The molecular formula is C28H43Cl2F3N6O5S. The van der Waals surface area contributed by atoms with Gasteiger partial charge >= 0.3 is 24.1 Å². The van der Waals surface area contributed by atoms with Crippen LogP contribution in [-0.2, 0) is 14.8 Å². The average molecular weight is 704 g/mol. The monoisotopic (exact) mass is 702 g/mol. The fourth-order valence-corrected chi connectivity index (χ4v) is 6.70. The Morgan fingerprint density at radius 3 is 2.24 bits per heavy atom. The molecule has 17 heteroatoms. The van der Waals surface area contributed by atoms with Crippen molar-refractivity contribution < 1.29 is 36.0 Å². The minimum Gasteiger partial charge on any atom is -0.336 e. The third kappa shape index (κ3) is 13.4. The number of benzene rings is 1. The van der Waals surface area contributed by atoms with Gasteiger partial charge in [0.25, 0.3) is 0 Å². The van der Waals surface area contributed by atoms with Crippen LogP contribution in [0.2, 0.25) is 10.0 Å². The molecule has 0 aliphatic carbocycles. The Morgan fingerprint density at radius 1 is 1.04 bits per heavy atom. The van der Waals surface area contributed by atoms with Gasteiger partial charge in [0, 0.05) is 55.9 Å². The number of alkyl halides is 3. The Hall–Kier alpha value is -2.49. The van der Waals surface area contributed by atoms with E-state index in [1.54, 1.807) is 4.90 Å². The highest BCUT2D eigenvalue weighted by atomic mass is 35.5. The van der Waals surface area contributed by atoms with Gasteiger partial charge in [0.15, 0.2) is 0 Å². The molecule has 1 aliphatic rings. The lowest BCUT2D eigenvalue weighted by atomic mass is 10.0. The summed E-state index contributed by atoms with van der Waals surface area (Å²) in [6.45, 7) is 7.89. The van der Waals surface area contributed by atoms with Crippen molar-refractivity contribution in [1.82, 2.24) is 30.5 Å². The molecule has 11 nitrogen and oxygen atoms in total. The Balaban J connectivity index is 1.96. The summed E-state index contributed by atoms with van der Waals surface area (Å²) >= 11 is 11.9. The van der Waals surface area contributed by atoms with Crippen LogP contribution in [0.4, 0.5) is 22.8 Å². The summed E-state index contributed by atoms with van der Waals surface area (Å²) in [7, 11) is -3.87. The van der Waals surface area contributed by atoms with Crippen molar-refractivity contribution >= 4 is 51.2 Å². The van der Waals surface area contributed by atoms with Gasteiger partial charge in [0.1, 0.15) is 4.90 Å². The van der Waals surface area contributed by atoms with Gasteiger partial charge in [-0.2, -0.15) is 13.2 Å². The van der Waals surface area contributed by atoms with Crippen molar-refractivity contribution in [1.29, 1.82) is 0 Å². The number of amides is 5. The maximum atomic E-state index is 13.0. The third-order valence-electron chi connectivity index (χ3n) is 6.92. The molecule has 4 N–H and O–H groups in total. The van der Waals surface area contributed by atoms with Crippen molar-refractivity contribution in [2.45, 2.75) is 89.0 Å². The highest BCUT2D eigenvalue weighted by Crippen LogP contribution is 2.25. The molecule has 256 valence electrons. The number of rotatable bonds is 14. The van der Waals surface area contributed by atoms with Crippen LogP contribution < -0.4 is 20.7 Å². The van der Waals surface area contributed by atoms with Crippen LogP contribution in [0.5, 0.6) is 0 Å². The fraction of sp³-hybridized carbons (Fsp3) is 0.679. The molecule has 1 aliphatic heterocycles. The van der Waals surface area contributed by atoms with Crippen molar-refractivity contribution in [2.24, 2.45) is 5.92 Å². The van der Waals surface area contributed by atoms with E-state index in [1.807, 2.05) is 27.7 Å². The van der Waals surface area contributed by atoms with Crippen LogP contribution >= 0.6 is 23.2 Å².